The lowest BCUT2D eigenvalue weighted by molar-refractivity contribution is -0.895. The number of benzene rings is 2. The lowest BCUT2D eigenvalue weighted by Crippen LogP contribution is -3.15. The van der Waals surface area contributed by atoms with Crippen LogP contribution in [0.5, 0.6) is 0 Å². The molecule has 2 aromatic rings. The van der Waals surface area contributed by atoms with Crippen molar-refractivity contribution in [1.29, 1.82) is 0 Å². The number of hydrogen-bond acceptors (Lipinski definition) is 3. The molecule has 9 heteroatoms. The number of aryl methyl sites for hydroxylation is 3. The van der Waals surface area contributed by atoms with E-state index in [9.17, 15) is 13.2 Å². The number of halogens is 2. The van der Waals surface area contributed by atoms with Gasteiger partial charge in [-0.1, -0.05) is 40.9 Å². The van der Waals surface area contributed by atoms with Gasteiger partial charge in [-0.2, -0.15) is 4.31 Å². The summed E-state index contributed by atoms with van der Waals surface area (Å²) in [7, 11) is -3.73. The number of carbonyl (C=O) groups is 1. The first-order chi connectivity index (χ1) is 14.1. The molecule has 1 fully saturated rings. The summed E-state index contributed by atoms with van der Waals surface area (Å²) >= 11 is 12.0. The Kier molecular flexibility index (Phi) is 7.09. The highest BCUT2D eigenvalue weighted by molar-refractivity contribution is 7.89. The Hall–Kier alpha value is -1.64. The molecule has 3 rings (SSSR count). The number of piperazine rings is 1. The Morgan fingerprint density at radius 1 is 1.07 bits per heavy atom. The summed E-state index contributed by atoms with van der Waals surface area (Å²) in [4.78, 5) is 13.6. The van der Waals surface area contributed by atoms with Crippen molar-refractivity contribution in [3.63, 3.8) is 0 Å². The Morgan fingerprint density at radius 3 is 2.27 bits per heavy atom. The summed E-state index contributed by atoms with van der Waals surface area (Å²) < 4.78 is 27.3. The molecular formula is C21H26Cl2N3O3S+. The molecule has 6 nitrogen and oxygen atoms in total. The number of carbonyl (C=O) groups excluding carboxylic acids is 1. The van der Waals surface area contributed by atoms with Gasteiger partial charge in [0, 0.05) is 10.7 Å². The van der Waals surface area contributed by atoms with Crippen molar-refractivity contribution >= 4 is 44.8 Å². The number of nitrogens with zero attached hydrogens (tertiary/aromatic N) is 1. The van der Waals surface area contributed by atoms with E-state index in [0.717, 1.165) is 27.3 Å². The summed E-state index contributed by atoms with van der Waals surface area (Å²) in [5.74, 6) is -0.0748. The Morgan fingerprint density at radius 2 is 1.67 bits per heavy atom. The maximum absolute atomic E-state index is 12.9. The number of hydrogen-bond donors (Lipinski definition) is 2. The van der Waals surface area contributed by atoms with E-state index in [1.54, 1.807) is 6.07 Å². The van der Waals surface area contributed by atoms with Crippen molar-refractivity contribution < 1.29 is 18.1 Å². The normalized spacial score (nSPS) is 15.9. The number of nitrogens with one attached hydrogen (secondary N) is 2. The van der Waals surface area contributed by atoms with Crippen molar-refractivity contribution in [1.82, 2.24) is 4.31 Å². The van der Waals surface area contributed by atoms with Crippen LogP contribution in [0.15, 0.2) is 35.2 Å². The standard InChI is InChI=1S/C21H25Cl2N3O3S/c1-14-10-15(2)21(16(3)11-14)24-20(27)13-25-6-8-26(9-7-25)30(28,29)19-12-17(22)4-5-18(19)23/h4-5,10-12H,6-9,13H2,1-3H3,(H,24,27)/p+1. The van der Waals surface area contributed by atoms with E-state index < -0.39 is 10.0 Å². The van der Waals surface area contributed by atoms with Crippen LogP contribution in [0.1, 0.15) is 16.7 Å². The largest absolute Gasteiger partial charge is 0.325 e. The van der Waals surface area contributed by atoms with Crippen molar-refractivity contribution in [3.8, 4) is 0 Å². The smallest absolute Gasteiger partial charge is 0.279 e. The molecule has 1 aliphatic heterocycles. The monoisotopic (exact) mass is 470 g/mol. The van der Waals surface area contributed by atoms with Gasteiger partial charge in [0.15, 0.2) is 6.54 Å². The Bertz CT molecular complexity index is 1040. The number of amides is 1. The Labute approximate surface area is 187 Å². The third-order valence-corrected chi connectivity index (χ3v) is 7.91. The molecule has 0 spiro atoms. The van der Waals surface area contributed by atoms with E-state index in [-0.39, 0.29) is 15.8 Å². The molecule has 0 atom stereocenters. The average Bonchev–Trinajstić information content (AvgIpc) is 2.67. The molecule has 2 N–H and O–H groups in total. The van der Waals surface area contributed by atoms with Gasteiger partial charge in [0.2, 0.25) is 10.0 Å². The summed E-state index contributed by atoms with van der Waals surface area (Å²) in [5, 5.41) is 3.48. The molecule has 30 heavy (non-hydrogen) atoms. The number of sulfonamides is 1. The van der Waals surface area contributed by atoms with Crippen LogP contribution in [-0.4, -0.2) is 51.4 Å². The van der Waals surface area contributed by atoms with Crippen LogP contribution in [-0.2, 0) is 14.8 Å². The summed E-state index contributed by atoms with van der Waals surface area (Å²) in [5.41, 5.74) is 4.07. The molecule has 0 radical (unpaired) electrons. The van der Waals surface area contributed by atoms with E-state index in [1.165, 1.54) is 16.4 Å². The number of anilines is 1. The van der Waals surface area contributed by atoms with Gasteiger partial charge < -0.3 is 10.2 Å². The Balaban J connectivity index is 1.61. The second-order valence-corrected chi connectivity index (χ2v) is 10.5. The molecule has 1 aliphatic rings. The van der Waals surface area contributed by atoms with E-state index in [2.05, 4.69) is 5.32 Å². The quantitative estimate of drug-likeness (QED) is 0.704. The fraction of sp³-hybridized carbons (Fsp3) is 0.381. The van der Waals surface area contributed by atoms with Gasteiger partial charge in [-0.3, -0.25) is 4.79 Å². The molecule has 0 aliphatic carbocycles. The van der Waals surface area contributed by atoms with E-state index in [1.807, 2.05) is 32.9 Å². The molecule has 1 heterocycles. The van der Waals surface area contributed by atoms with Gasteiger partial charge in [-0.15, -0.1) is 0 Å². The predicted molar refractivity (Wildman–Crippen MR) is 120 cm³/mol. The second kappa shape index (κ2) is 9.24. The molecule has 0 bridgehead atoms. The first kappa shape index (κ1) is 23.0. The fourth-order valence-corrected chi connectivity index (χ4v) is 6.00. The van der Waals surface area contributed by atoms with Gasteiger partial charge >= 0.3 is 0 Å². The van der Waals surface area contributed by atoms with Crippen LogP contribution < -0.4 is 10.2 Å². The highest BCUT2D eigenvalue weighted by atomic mass is 35.5. The van der Waals surface area contributed by atoms with Crippen LogP contribution in [0.2, 0.25) is 10.0 Å². The zero-order valence-electron chi connectivity index (χ0n) is 17.3. The van der Waals surface area contributed by atoms with E-state index in [4.69, 9.17) is 23.2 Å². The molecule has 2 aromatic carbocycles. The number of quaternary nitrogens is 1. The minimum Gasteiger partial charge on any atom is -0.325 e. The minimum atomic E-state index is -3.73. The highest BCUT2D eigenvalue weighted by Crippen LogP contribution is 2.27. The molecule has 162 valence electrons. The van der Waals surface area contributed by atoms with E-state index >= 15 is 0 Å². The van der Waals surface area contributed by atoms with Crippen molar-refractivity contribution in [2.45, 2.75) is 25.7 Å². The molecule has 1 amide bonds. The highest BCUT2D eigenvalue weighted by Gasteiger charge is 2.32. The predicted octanol–water partition coefficient (Wildman–Crippen LogP) is 2.45. The van der Waals surface area contributed by atoms with Crippen molar-refractivity contribution in [2.75, 3.05) is 38.0 Å². The first-order valence-electron chi connectivity index (χ1n) is 9.74. The third kappa shape index (κ3) is 5.15. The molecular weight excluding hydrogens is 445 g/mol. The first-order valence-corrected chi connectivity index (χ1v) is 11.9. The summed E-state index contributed by atoms with van der Waals surface area (Å²) in [6.07, 6.45) is 0. The third-order valence-electron chi connectivity index (χ3n) is 5.29. The maximum atomic E-state index is 12.9. The SMILES string of the molecule is Cc1cc(C)c(NC(=O)C[NH+]2CCN(S(=O)(=O)c3cc(Cl)ccc3Cl)CC2)c(C)c1. The minimum absolute atomic E-state index is 0.0168. The van der Waals surface area contributed by atoms with Crippen LogP contribution in [0.3, 0.4) is 0 Å². The topological polar surface area (TPSA) is 70.9 Å². The summed E-state index contributed by atoms with van der Waals surface area (Å²) in [6, 6.07) is 8.50. The van der Waals surface area contributed by atoms with Gasteiger partial charge in [0.25, 0.3) is 5.91 Å². The van der Waals surface area contributed by atoms with Crippen LogP contribution in [0.25, 0.3) is 0 Å². The molecule has 0 aromatic heterocycles. The lowest BCUT2D eigenvalue weighted by Gasteiger charge is -2.31. The number of rotatable bonds is 5. The van der Waals surface area contributed by atoms with Crippen LogP contribution in [0.4, 0.5) is 5.69 Å². The summed E-state index contributed by atoms with van der Waals surface area (Å²) in [6.45, 7) is 7.98. The average molecular weight is 471 g/mol. The van der Waals surface area contributed by atoms with Gasteiger partial charge in [-0.25, -0.2) is 8.42 Å². The zero-order chi connectivity index (χ0) is 22.1. The zero-order valence-corrected chi connectivity index (χ0v) is 19.6. The molecule has 0 saturated carbocycles. The molecule has 0 unspecified atom stereocenters. The van der Waals surface area contributed by atoms with Gasteiger partial charge in [0.1, 0.15) is 4.90 Å². The van der Waals surface area contributed by atoms with Crippen molar-refractivity contribution in [3.05, 3.63) is 57.1 Å². The fourth-order valence-electron chi connectivity index (χ4n) is 3.82. The van der Waals surface area contributed by atoms with E-state index in [0.29, 0.717) is 37.7 Å². The van der Waals surface area contributed by atoms with Gasteiger partial charge in [-0.05, 0) is 50.1 Å². The molecule has 1 saturated heterocycles. The maximum Gasteiger partial charge on any atom is 0.279 e. The van der Waals surface area contributed by atoms with Gasteiger partial charge in [0.05, 0.1) is 31.2 Å². The van der Waals surface area contributed by atoms with Crippen LogP contribution >= 0.6 is 23.2 Å². The van der Waals surface area contributed by atoms with Crippen LogP contribution in [0, 0.1) is 20.8 Å². The second-order valence-electron chi connectivity index (χ2n) is 7.73. The lowest BCUT2D eigenvalue weighted by atomic mass is 10.1. The van der Waals surface area contributed by atoms with Crippen molar-refractivity contribution in [2.24, 2.45) is 0 Å².